The standard InChI is InChI=1S/C15H24N2/c1-13(12-14-8-6-7-11-16-14)17(2)15-9-4-3-5-10-15/h3-5,9-10,13-14,16H,6-8,11-12H2,1-2H3. The molecule has 1 aromatic rings. The number of para-hydroxylation sites is 1. The zero-order chi connectivity index (χ0) is 12.1. The van der Waals surface area contributed by atoms with Crippen LogP contribution < -0.4 is 10.2 Å². The van der Waals surface area contributed by atoms with Crippen molar-refractivity contribution in [2.45, 2.75) is 44.7 Å². The van der Waals surface area contributed by atoms with Gasteiger partial charge in [0.05, 0.1) is 0 Å². The van der Waals surface area contributed by atoms with Gasteiger partial charge in [0.2, 0.25) is 0 Å². The Bertz CT molecular complexity index is 317. The van der Waals surface area contributed by atoms with E-state index < -0.39 is 0 Å². The van der Waals surface area contributed by atoms with E-state index >= 15 is 0 Å². The third-order valence-corrected chi connectivity index (χ3v) is 3.86. The van der Waals surface area contributed by atoms with Crippen molar-refractivity contribution in [1.82, 2.24) is 5.32 Å². The normalized spacial score (nSPS) is 22.1. The zero-order valence-corrected chi connectivity index (χ0v) is 11.0. The number of hydrogen-bond acceptors (Lipinski definition) is 2. The lowest BCUT2D eigenvalue weighted by Crippen LogP contribution is -2.40. The molecule has 0 bridgehead atoms. The first-order valence-corrected chi connectivity index (χ1v) is 6.78. The highest BCUT2D eigenvalue weighted by atomic mass is 15.1. The van der Waals surface area contributed by atoms with Crippen LogP contribution in [0.1, 0.15) is 32.6 Å². The zero-order valence-electron chi connectivity index (χ0n) is 11.0. The molecule has 2 atom stereocenters. The van der Waals surface area contributed by atoms with E-state index in [1.807, 2.05) is 0 Å². The molecule has 1 aliphatic heterocycles. The maximum Gasteiger partial charge on any atom is 0.0366 e. The molecule has 1 N–H and O–H groups in total. The second kappa shape index (κ2) is 6.06. The number of rotatable bonds is 4. The number of nitrogens with zero attached hydrogens (tertiary/aromatic N) is 1. The second-order valence-electron chi connectivity index (χ2n) is 5.18. The van der Waals surface area contributed by atoms with Gasteiger partial charge in [0.25, 0.3) is 0 Å². The summed E-state index contributed by atoms with van der Waals surface area (Å²) in [5.74, 6) is 0. The van der Waals surface area contributed by atoms with Crippen molar-refractivity contribution in [3.05, 3.63) is 30.3 Å². The lowest BCUT2D eigenvalue weighted by atomic mass is 9.98. The van der Waals surface area contributed by atoms with Gasteiger partial charge in [0.15, 0.2) is 0 Å². The quantitative estimate of drug-likeness (QED) is 0.858. The molecule has 2 nitrogen and oxygen atoms in total. The Kier molecular flexibility index (Phi) is 4.43. The number of nitrogens with one attached hydrogen (secondary N) is 1. The van der Waals surface area contributed by atoms with Gasteiger partial charge < -0.3 is 10.2 Å². The van der Waals surface area contributed by atoms with E-state index in [4.69, 9.17) is 0 Å². The Hall–Kier alpha value is -1.02. The van der Waals surface area contributed by atoms with E-state index in [0.717, 1.165) is 0 Å². The van der Waals surface area contributed by atoms with Crippen LogP contribution in [0.15, 0.2) is 30.3 Å². The molecule has 17 heavy (non-hydrogen) atoms. The van der Waals surface area contributed by atoms with Crippen molar-refractivity contribution in [3.63, 3.8) is 0 Å². The largest absolute Gasteiger partial charge is 0.372 e. The molecule has 0 amide bonds. The SMILES string of the molecule is CC(CC1CCCCN1)N(C)c1ccccc1. The van der Waals surface area contributed by atoms with Crippen LogP contribution in [0.25, 0.3) is 0 Å². The van der Waals surface area contributed by atoms with Crippen molar-refractivity contribution >= 4 is 5.69 Å². The first kappa shape index (κ1) is 12.4. The highest BCUT2D eigenvalue weighted by molar-refractivity contribution is 5.45. The van der Waals surface area contributed by atoms with Gasteiger partial charge in [-0.1, -0.05) is 24.6 Å². The average molecular weight is 232 g/mol. The molecule has 2 heteroatoms. The van der Waals surface area contributed by atoms with Gasteiger partial charge in [-0.25, -0.2) is 0 Å². The molecular weight excluding hydrogens is 208 g/mol. The van der Waals surface area contributed by atoms with Crippen LogP contribution in [0.2, 0.25) is 0 Å². The number of hydrogen-bond donors (Lipinski definition) is 1. The number of piperidine rings is 1. The monoisotopic (exact) mass is 232 g/mol. The molecule has 0 aromatic heterocycles. The number of benzene rings is 1. The molecule has 0 radical (unpaired) electrons. The third kappa shape index (κ3) is 3.47. The number of anilines is 1. The predicted molar refractivity (Wildman–Crippen MR) is 74.6 cm³/mol. The van der Waals surface area contributed by atoms with Crippen LogP contribution in [0.5, 0.6) is 0 Å². The van der Waals surface area contributed by atoms with Gasteiger partial charge >= 0.3 is 0 Å². The van der Waals surface area contributed by atoms with Crippen LogP contribution in [0.4, 0.5) is 5.69 Å². The average Bonchev–Trinajstić information content (AvgIpc) is 2.40. The molecule has 0 saturated carbocycles. The summed E-state index contributed by atoms with van der Waals surface area (Å²) in [5, 5.41) is 3.63. The van der Waals surface area contributed by atoms with Crippen LogP contribution in [0, 0.1) is 0 Å². The molecular formula is C15H24N2. The summed E-state index contributed by atoms with van der Waals surface area (Å²) >= 11 is 0. The molecule has 2 rings (SSSR count). The summed E-state index contributed by atoms with van der Waals surface area (Å²) < 4.78 is 0. The fraction of sp³-hybridized carbons (Fsp3) is 0.600. The first-order valence-electron chi connectivity index (χ1n) is 6.78. The van der Waals surface area contributed by atoms with E-state index in [-0.39, 0.29) is 0 Å². The highest BCUT2D eigenvalue weighted by Crippen LogP contribution is 2.19. The van der Waals surface area contributed by atoms with E-state index in [1.165, 1.54) is 37.9 Å². The van der Waals surface area contributed by atoms with Crippen molar-refractivity contribution < 1.29 is 0 Å². The first-order chi connectivity index (χ1) is 8.27. The molecule has 1 saturated heterocycles. The molecule has 1 fully saturated rings. The van der Waals surface area contributed by atoms with Crippen LogP contribution in [-0.2, 0) is 0 Å². The van der Waals surface area contributed by atoms with Gasteiger partial charge in [-0.2, -0.15) is 0 Å². The van der Waals surface area contributed by atoms with E-state index in [9.17, 15) is 0 Å². The summed E-state index contributed by atoms with van der Waals surface area (Å²) in [4.78, 5) is 2.39. The van der Waals surface area contributed by atoms with Crippen LogP contribution in [0.3, 0.4) is 0 Å². The Balaban J connectivity index is 1.88. The maximum atomic E-state index is 3.63. The van der Waals surface area contributed by atoms with Gasteiger partial charge in [0, 0.05) is 24.8 Å². The van der Waals surface area contributed by atoms with Gasteiger partial charge in [-0.3, -0.25) is 0 Å². The Morgan fingerprint density at radius 2 is 2.06 bits per heavy atom. The minimum absolute atomic E-state index is 0.591. The van der Waals surface area contributed by atoms with Gasteiger partial charge in [-0.15, -0.1) is 0 Å². The molecule has 2 unspecified atom stereocenters. The third-order valence-electron chi connectivity index (χ3n) is 3.86. The van der Waals surface area contributed by atoms with Crippen LogP contribution >= 0.6 is 0 Å². The minimum Gasteiger partial charge on any atom is -0.372 e. The highest BCUT2D eigenvalue weighted by Gasteiger charge is 2.18. The summed E-state index contributed by atoms with van der Waals surface area (Å²) in [6, 6.07) is 12.0. The van der Waals surface area contributed by atoms with Crippen molar-refractivity contribution in [3.8, 4) is 0 Å². The summed E-state index contributed by atoms with van der Waals surface area (Å²) in [7, 11) is 2.20. The Morgan fingerprint density at radius 1 is 1.29 bits per heavy atom. The Morgan fingerprint density at radius 3 is 2.71 bits per heavy atom. The molecule has 0 spiro atoms. The van der Waals surface area contributed by atoms with Crippen LogP contribution in [-0.4, -0.2) is 25.7 Å². The maximum absolute atomic E-state index is 3.63. The van der Waals surface area contributed by atoms with E-state index in [0.29, 0.717) is 12.1 Å². The smallest absolute Gasteiger partial charge is 0.0366 e. The Labute approximate surface area is 105 Å². The van der Waals surface area contributed by atoms with Crippen molar-refractivity contribution in [1.29, 1.82) is 0 Å². The lowest BCUT2D eigenvalue weighted by molar-refractivity contribution is 0.362. The summed E-state index contributed by atoms with van der Waals surface area (Å²) in [6.07, 6.45) is 5.32. The fourth-order valence-corrected chi connectivity index (χ4v) is 2.61. The molecule has 0 aliphatic carbocycles. The van der Waals surface area contributed by atoms with Crippen molar-refractivity contribution in [2.24, 2.45) is 0 Å². The second-order valence-corrected chi connectivity index (χ2v) is 5.18. The molecule has 1 heterocycles. The summed E-state index contributed by atoms with van der Waals surface area (Å²) in [5.41, 5.74) is 1.32. The van der Waals surface area contributed by atoms with Crippen molar-refractivity contribution in [2.75, 3.05) is 18.5 Å². The minimum atomic E-state index is 0.591. The fourth-order valence-electron chi connectivity index (χ4n) is 2.61. The van der Waals surface area contributed by atoms with E-state index in [2.05, 4.69) is 54.5 Å². The molecule has 1 aliphatic rings. The molecule has 1 aromatic carbocycles. The molecule has 94 valence electrons. The topological polar surface area (TPSA) is 15.3 Å². The summed E-state index contributed by atoms with van der Waals surface area (Å²) in [6.45, 7) is 3.52. The van der Waals surface area contributed by atoms with E-state index in [1.54, 1.807) is 0 Å². The lowest BCUT2D eigenvalue weighted by Gasteiger charge is -2.32. The predicted octanol–water partition coefficient (Wildman–Crippen LogP) is 3.04. The van der Waals surface area contributed by atoms with Gasteiger partial charge in [0.1, 0.15) is 0 Å². The van der Waals surface area contributed by atoms with Gasteiger partial charge in [-0.05, 0) is 44.9 Å².